The molecule has 0 unspecified atom stereocenters. The number of aromatic nitrogens is 3. The molecule has 5 rings (SSSR count). The van der Waals surface area contributed by atoms with Crippen molar-refractivity contribution in [3.63, 3.8) is 0 Å². The first-order chi connectivity index (χ1) is 16.4. The van der Waals surface area contributed by atoms with E-state index in [4.69, 9.17) is 16.0 Å². The zero-order valence-corrected chi connectivity index (χ0v) is 19.7. The van der Waals surface area contributed by atoms with Gasteiger partial charge in [-0.25, -0.2) is 14.6 Å². The summed E-state index contributed by atoms with van der Waals surface area (Å²) in [6.45, 7) is 13.9. The van der Waals surface area contributed by atoms with Crippen molar-refractivity contribution in [3.8, 4) is 5.75 Å². The summed E-state index contributed by atoms with van der Waals surface area (Å²) in [5, 5.41) is 0. The molecule has 1 aliphatic heterocycles. The molecule has 2 aliphatic rings. The van der Waals surface area contributed by atoms with E-state index in [9.17, 15) is 4.79 Å². The smallest absolute Gasteiger partial charge is 0.410 e. The monoisotopic (exact) mass is 459 g/mol. The number of rotatable bonds is 6. The molecule has 3 aromatic rings. The number of pyridine rings is 1. The van der Waals surface area contributed by atoms with E-state index in [0.29, 0.717) is 25.4 Å². The Morgan fingerprint density at radius 1 is 1.24 bits per heavy atom. The van der Waals surface area contributed by atoms with Gasteiger partial charge < -0.3 is 14.0 Å². The molecule has 2 aromatic heterocycles. The van der Waals surface area contributed by atoms with Crippen LogP contribution in [-0.4, -0.2) is 44.3 Å². The van der Waals surface area contributed by atoms with Crippen LogP contribution in [0.4, 0.5) is 10.5 Å². The Hall–Kier alpha value is -3.60. The number of hydrogen-bond acceptors (Lipinski definition) is 5. The number of hydrogen-bond donors (Lipinski definition) is 0. The van der Waals surface area contributed by atoms with Crippen LogP contribution in [0.25, 0.3) is 15.9 Å². The number of fused-ring (bicyclic) bond motifs is 1. The predicted octanol–water partition coefficient (Wildman–Crippen LogP) is 5.35. The van der Waals surface area contributed by atoms with E-state index in [2.05, 4.69) is 26.3 Å². The van der Waals surface area contributed by atoms with Crippen molar-refractivity contribution in [1.82, 2.24) is 19.4 Å². The van der Waals surface area contributed by atoms with Gasteiger partial charge in [-0.1, -0.05) is 13.0 Å². The predicted molar refractivity (Wildman–Crippen MR) is 128 cm³/mol. The molecule has 0 N–H and O–H groups in total. The summed E-state index contributed by atoms with van der Waals surface area (Å²) < 4.78 is 13.6. The standard InChI is InChI=1S/C26H29N5O3/c1-4-33-21-8-6-20(28-13-21)14-30-17-26(34-24(30)32)11-5-10-25(2,15-26)16-31-18-29-22-9-7-19(27-3)12-23(22)31/h6-9,12-13,18H,4-5,10-11,14-17H2,1-2H3/t25-,26+/m0/s1. The van der Waals surface area contributed by atoms with Gasteiger partial charge in [-0.3, -0.25) is 9.88 Å². The number of carbonyl (C=O) groups is 1. The number of ether oxygens (including phenoxy) is 2. The maximum absolute atomic E-state index is 12.8. The van der Waals surface area contributed by atoms with Crippen LogP contribution in [0, 0.1) is 12.0 Å². The van der Waals surface area contributed by atoms with Crippen LogP contribution in [-0.2, 0) is 17.8 Å². The quantitative estimate of drug-likeness (QED) is 0.465. The molecule has 1 saturated heterocycles. The fourth-order valence-corrected chi connectivity index (χ4v) is 5.57. The summed E-state index contributed by atoms with van der Waals surface area (Å²) in [7, 11) is 0. The minimum atomic E-state index is -0.479. The lowest BCUT2D eigenvalue weighted by Crippen LogP contribution is -2.44. The SMILES string of the molecule is [C-]#[N+]c1ccc2ncn(C[C@@]3(C)CCC[C@]4(CN(Cc5ccc(OCC)cn5)C(=O)O4)C3)c2c1. The minimum absolute atomic E-state index is 0.0479. The number of carbonyl (C=O) groups excluding carboxylic acids is 1. The Morgan fingerprint density at radius 3 is 2.88 bits per heavy atom. The molecular formula is C26H29N5O3. The average Bonchev–Trinajstić information content (AvgIpc) is 3.34. The van der Waals surface area contributed by atoms with Gasteiger partial charge in [-0.05, 0) is 62.3 Å². The number of amides is 1. The van der Waals surface area contributed by atoms with Crippen LogP contribution in [0.15, 0.2) is 42.9 Å². The highest BCUT2D eigenvalue weighted by Gasteiger charge is 2.51. The second kappa shape index (κ2) is 8.64. The molecular weight excluding hydrogens is 430 g/mol. The third-order valence-corrected chi connectivity index (χ3v) is 6.95. The van der Waals surface area contributed by atoms with E-state index in [0.717, 1.165) is 54.7 Å². The fourth-order valence-electron chi connectivity index (χ4n) is 5.57. The summed E-state index contributed by atoms with van der Waals surface area (Å²) in [5.41, 5.74) is 2.77. The maximum Gasteiger partial charge on any atom is 0.410 e. The van der Waals surface area contributed by atoms with Crippen molar-refractivity contribution in [3.05, 3.63) is 60.0 Å². The first-order valence-corrected chi connectivity index (χ1v) is 11.8. The van der Waals surface area contributed by atoms with Crippen LogP contribution < -0.4 is 4.74 Å². The van der Waals surface area contributed by atoms with E-state index >= 15 is 0 Å². The molecule has 34 heavy (non-hydrogen) atoms. The zero-order valence-electron chi connectivity index (χ0n) is 19.7. The van der Waals surface area contributed by atoms with Gasteiger partial charge in [0.05, 0.1) is 55.5 Å². The van der Waals surface area contributed by atoms with E-state index in [1.807, 2.05) is 37.5 Å². The highest BCUT2D eigenvalue weighted by atomic mass is 16.6. The summed E-state index contributed by atoms with van der Waals surface area (Å²) >= 11 is 0. The first kappa shape index (κ1) is 22.2. The summed E-state index contributed by atoms with van der Waals surface area (Å²) in [4.78, 5) is 27.1. The molecule has 1 aromatic carbocycles. The van der Waals surface area contributed by atoms with Crippen LogP contribution in [0.2, 0.25) is 0 Å². The minimum Gasteiger partial charge on any atom is -0.492 e. The molecule has 0 bridgehead atoms. The number of benzene rings is 1. The van der Waals surface area contributed by atoms with Crippen molar-refractivity contribution >= 4 is 22.8 Å². The van der Waals surface area contributed by atoms with E-state index in [1.54, 1.807) is 17.2 Å². The Morgan fingerprint density at radius 2 is 2.12 bits per heavy atom. The molecule has 1 saturated carbocycles. The van der Waals surface area contributed by atoms with Gasteiger partial charge in [0.15, 0.2) is 5.69 Å². The average molecular weight is 460 g/mol. The van der Waals surface area contributed by atoms with Crippen molar-refractivity contribution in [2.75, 3.05) is 13.2 Å². The molecule has 0 radical (unpaired) electrons. The summed E-state index contributed by atoms with van der Waals surface area (Å²) in [5.74, 6) is 0.727. The first-order valence-electron chi connectivity index (χ1n) is 11.8. The molecule has 2 atom stereocenters. The fraction of sp³-hybridized carbons (Fsp3) is 0.462. The van der Waals surface area contributed by atoms with Crippen molar-refractivity contribution in [2.24, 2.45) is 5.41 Å². The topological polar surface area (TPSA) is 73.8 Å². The Balaban J connectivity index is 1.30. The third-order valence-electron chi connectivity index (χ3n) is 6.95. The van der Waals surface area contributed by atoms with Crippen molar-refractivity contribution < 1.29 is 14.3 Å². The highest BCUT2D eigenvalue weighted by molar-refractivity contribution is 5.79. The van der Waals surface area contributed by atoms with Crippen molar-refractivity contribution in [2.45, 2.75) is 58.2 Å². The van der Waals surface area contributed by atoms with Gasteiger partial charge >= 0.3 is 6.09 Å². The largest absolute Gasteiger partial charge is 0.492 e. The van der Waals surface area contributed by atoms with Gasteiger partial charge in [0.1, 0.15) is 11.4 Å². The van der Waals surface area contributed by atoms with Crippen LogP contribution in [0.1, 0.15) is 45.2 Å². The lowest BCUT2D eigenvalue weighted by atomic mass is 9.68. The molecule has 8 heteroatoms. The Kier molecular flexibility index (Phi) is 5.64. The number of nitrogens with zero attached hydrogens (tertiary/aromatic N) is 5. The normalized spacial score (nSPS) is 24.4. The molecule has 2 fully saturated rings. The Bertz CT molecular complexity index is 1250. The maximum atomic E-state index is 12.8. The van der Waals surface area contributed by atoms with Crippen LogP contribution in [0.3, 0.4) is 0 Å². The van der Waals surface area contributed by atoms with E-state index < -0.39 is 5.60 Å². The van der Waals surface area contributed by atoms with Gasteiger partial charge in [0, 0.05) is 6.54 Å². The van der Waals surface area contributed by atoms with Gasteiger partial charge in [-0.2, -0.15) is 0 Å². The second-order valence-corrected chi connectivity index (χ2v) is 9.82. The molecule has 8 nitrogen and oxygen atoms in total. The van der Waals surface area contributed by atoms with Gasteiger partial charge in [-0.15, -0.1) is 0 Å². The lowest BCUT2D eigenvalue weighted by molar-refractivity contribution is -0.0270. The highest BCUT2D eigenvalue weighted by Crippen LogP contribution is 2.47. The Labute approximate surface area is 199 Å². The van der Waals surface area contributed by atoms with Gasteiger partial charge in [0.2, 0.25) is 0 Å². The zero-order chi connectivity index (χ0) is 23.8. The van der Waals surface area contributed by atoms with E-state index in [1.165, 1.54) is 0 Å². The lowest BCUT2D eigenvalue weighted by Gasteiger charge is -2.43. The van der Waals surface area contributed by atoms with Gasteiger partial charge in [0.25, 0.3) is 0 Å². The number of imidazole rings is 1. The molecule has 1 amide bonds. The molecule has 176 valence electrons. The van der Waals surface area contributed by atoms with Crippen molar-refractivity contribution in [1.29, 1.82) is 0 Å². The summed E-state index contributed by atoms with van der Waals surface area (Å²) in [6, 6.07) is 9.38. The van der Waals surface area contributed by atoms with Crippen LogP contribution >= 0.6 is 0 Å². The molecule has 3 heterocycles. The molecule has 1 spiro atoms. The third kappa shape index (κ3) is 4.30. The second-order valence-electron chi connectivity index (χ2n) is 9.82. The molecule has 1 aliphatic carbocycles. The van der Waals surface area contributed by atoms with E-state index in [-0.39, 0.29) is 11.5 Å². The van der Waals surface area contributed by atoms with Crippen LogP contribution in [0.5, 0.6) is 5.75 Å². The summed E-state index contributed by atoms with van der Waals surface area (Å²) in [6.07, 6.45) is 7.00.